The van der Waals surface area contributed by atoms with E-state index in [4.69, 9.17) is 10.5 Å². The molecule has 4 heteroatoms. The minimum Gasteiger partial charge on any atom is -0.207 e. The molecule has 0 atom stereocenters. The van der Waals surface area contributed by atoms with E-state index in [-0.39, 0.29) is 16.7 Å². The smallest absolute Gasteiger partial charge is 0.130 e. The van der Waals surface area contributed by atoms with Crippen LogP contribution in [0.3, 0.4) is 0 Å². The number of halogens is 2. The van der Waals surface area contributed by atoms with E-state index in [9.17, 15) is 8.78 Å². The number of allylic oxidation sites excluding steroid dienone is 1. The van der Waals surface area contributed by atoms with Crippen LogP contribution in [-0.4, -0.2) is 0 Å². The van der Waals surface area contributed by atoms with Crippen molar-refractivity contribution >= 4 is 6.08 Å². The summed E-state index contributed by atoms with van der Waals surface area (Å²) in [5.41, 5.74) is 0.216. The van der Waals surface area contributed by atoms with Gasteiger partial charge in [0.1, 0.15) is 29.3 Å². The van der Waals surface area contributed by atoms with E-state index in [0.29, 0.717) is 0 Å². The molecule has 0 radical (unpaired) electrons. The third-order valence-corrected chi connectivity index (χ3v) is 1.89. The summed E-state index contributed by atoms with van der Waals surface area (Å²) in [5.74, 6) is -1.43. The van der Waals surface area contributed by atoms with E-state index in [1.54, 1.807) is 12.1 Å². The Labute approximate surface area is 85.7 Å². The quantitative estimate of drug-likeness (QED) is 0.660. The summed E-state index contributed by atoms with van der Waals surface area (Å²) in [6.45, 7) is 1.45. The molecule has 0 heterocycles. The fourth-order valence-electron chi connectivity index (χ4n) is 1.06. The lowest BCUT2D eigenvalue weighted by molar-refractivity contribution is 0.577. The number of hydrogen-bond donors (Lipinski definition) is 0. The fourth-order valence-corrected chi connectivity index (χ4v) is 1.06. The molecule has 15 heavy (non-hydrogen) atoms. The molecule has 0 saturated heterocycles. The Balaban J connectivity index is 3.35. The Morgan fingerprint density at radius 2 is 1.87 bits per heavy atom. The minimum absolute atomic E-state index is 0.192. The van der Waals surface area contributed by atoms with E-state index < -0.39 is 11.6 Å². The summed E-state index contributed by atoms with van der Waals surface area (Å²) in [4.78, 5) is 0. The van der Waals surface area contributed by atoms with E-state index in [1.165, 1.54) is 6.92 Å². The van der Waals surface area contributed by atoms with Gasteiger partial charge in [0.05, 0.1) is 0 Å². The molecule has 0 N–H and O–H groups in total. The van der Waals surface area contributed by atoms with Crippen LogP contribution < -0.4 is 0 Å². The van der Waals surface area contributed by atoms with Crippen molar-refractivity contribution in [3.63, 3.8) is 0 Å². The molecule has 1 aromatic carbocycles. The lowest BCUT2D eigenvalue weighted by Crippen LogP contribution is -1.90. The minimum atomic E-state index is -0.737. The molecule has 0 fully saturated rings. The molecule has 1 aromatic rings. The van der Waals surface area contributed by atoms with Crippen molar-refractivity contribution in [2.45, 2.75) is 6.92 Å². The fraction of sp³-hybridized carbons (Fsp3) is 0.0909. The van der Waals surface area contributed by atoms with Crippen molar-refractivity contribution in [1.82, 2.24) is 0 Å². The average Bonchev–Trinajstić information content (AvgIpc) is 2.21. The van der Waals surface area contributed by atoms with Gasteiger partial charge in [-0.15, -0.1) is 0 Å². The molecule has 0 aliphatic carbocycles. The first-order valence-corrected chi connectivity index (χ1v) is 4.06. The van der Waals surface area contributed by atoms with Crippen LogP contribution in [0.2, 0.25) is 0 Å². The molecule has 1 rings (SSSR count). The molecule has 2 nitrogen and oxygen atoms in total. The normalized spacial score (nSPS) is 8.87. The SMILES string of the molecule is Cc1c(F)cc(F)cc1C=C(C#N)C#N. The summed E-state index contributed by atoms with van der Waals surface area (Å²) in [7, 11) is 0. The lowest BCUT2D eigenvalue weighted by atomic mass is 10.1. The average molecular weight is 204 g/mol. The van der Waals surface area contributed by atoms with Gasteiger partial charge in [-0.1, -0.05) is 0 Å². The maximum atomic E-state index is 13.1. The number of nitriles is 2. The maximum Gasteiger partial charge on any atom is 0.130 e. The van der Waals surface area contributed by atoms with Gasteiger partial charge in [0.25, 0.3) is 0 Å². The Kier molecular flexibility index (Phi) is 3.15. The Morgan fingerprint density at radius 1 is 1.27 bits per heavy atom. The predicted molar refractivity (Wildman–Crippen MR) is 50.3 cm³/mol. The maximum absolute atomic E-state index is 13.1. The van der Waals surface area contributed by atoms with Crippen molar-refractivity contribution in [3.05, 3.63) is 40.5 Å². The number of hydrogen-bond acceptors (Lipinski definition) is 2. The third kappa shape index (κ3) is 2.38. The Morgan fingerprint density at radius 3 is 2.40 bits per heavy atom. The van der Waals surface area contributed by atoms with Gasteiger partial charge in [-0.3, -0.25) is 0 Å². The van der Waals surface area contributed by atoms with Crippen molar-refractivity contribution in [2.24, 2.45) is 0 Å². The van der Waals surface area contributed by atoms with E-state index in [0.717, 1.165) is 18.2 Å². The number of nitrogens with zero attached hydrogens (tertiary/aromatic N) is 2. The van der Waals surface area contributed by atoms with Gasteiger partial charge in [0, 0.05) is 6.07 Å². The van der Waals surface area contributed by atoms with E-state index in [1.807, 2.05) is 0 Å². The highest BCUT2D eigenvalue weighted by atomic mass is 19.1. The summed E-state index contributed by atoms with van der Waals surface area (Å²) in [6.07, 6.45) is 1.15. The summed E-state index contributed by atoms with van der Waals surface area (Å²) in [5, 5.41) is 17.0. The summed E-state index contributed by atoms with van der Waals surface area (Å²) in [6, 6.07) is 5.07. The Bertz CT molecular complexity index is 489. The van der Waals surface area contributed by atoms with Crippen LogP contribution in [0.4, 0.5) is 8.78 Å². The zero-order chi connectivity index (χ0) is 11.4. The van der Waals surface area contributed by atoms with Crippen molar-refractivity contribution in [3.8, 4) is 12.1 Å². The zero-order valence-electron chi connectivity index (χ0n) is 7.88. The van der Waals surface area contributed by atoms with E-state index in [2.05, 4.69) is 0 Å². The van der Waals surface area contributed by atoms with Gasteiger partial charge in [-0.2, -0.15) is 10.5 Å². The van der Waals surface area contributed by atoms with Crippen LogP contribution in [-0.2, 0) is 0 Å². The van der Waals surface area contributed by atoms with Gasteiger partial charge in [-0.25, -0.2) is 8.78 Å². The van der Waals surface area contributed by atoms with Crippen LogP contribution in [0.25, 0.3) is 6.08 Å². The summed E-state index contributed by atoms with van der Waals surface area (Å²) >= 11 is 0. The van der Waals surface area contributed by atoms with Crippen LogP contribution in [0.15, 0.2) is 17.7 Å². The second-order valence-corrected chi connectivity index (χ2v) is 2.88. The standard InChI is InChI=1S/C11H6F2N2/c1-7-9(2-8(5-14)6-15)3-10(12)4-11(7)13/h2-4H,1H3. The lowest BCUT2D eigenvalue weighted by Gasteiger charge is -2.01. The zero-order valence-corrected chi connectivity index (χ0v) is 7.88. The Hall–Kier alpha value is -2.20. The van der Waals surface area contributed by atoms with Crippen LogP contribution in [0.5, 0.6) is 0 Å². The molecule has 0 amide bonds. The topological polar surface area (TPSA) is 47.6 Å². The molecule has 0 bridgehead atoms. The molecule has 0 saturated carbocycles. The highest BCUT2D eigenvalue weighted by molar-refractivity contribution is 5.64. The molecule has 0 spiro atoms. The molecular weight excluding hydrogens is 198 g/mol. The highest BCUT2D eigenvalue weighted by Crippen LogP contribution is 2.17. The molecule has 0 unspecified atom stereocenters. The summed E-state index contributed by atoms with van der Waals surface area (Å²) < 4.78 is 25.9. The monoisotopic (exact) mass is 204 g/mol. The first kappa shape index (κ1) is 10.9. The van der Waals surface area contributed by atoms with Gasteiger partial charge in [0.2, 0.25) is 0 Å². The van der Waals surface area contributed by atoms with Crippen LogP contribution in [0, 0.1) is 41.2 Å². The highest BCUT2D eigenvalue weighted by Gasteiger charge is 2.06. The van der Waals surface area contributed by atoms with Crippen molar-refractivity contribution in [2.75, 3.05) is 0 Å². The van der Waals surface area contributed by atoms with Crippen molar-refractivity contribution in [1.29, 1.82) is 10.5 Å². The third-order valence-electron chi connectivity index (χ3n) is 1.89. The molecular formula is C11H6F2N2. The van der Waals surface area contributed by atoms with Crippen LogP contribution >= 0.6 is 0 Å². The first-order chi connectivity index (χ1) is 7.08. The molecule has 0 aliphatic heterocycles. The number of benzene rings is 1. The largest absolute Gasteiger partial charge is 0.207 e. The second kappa shape index (κ2) is 4.34. The van der Waals surface area contributed by atoms with Gasteiger partial charge >= 0.3 is 0 Å². The van der Waals surface area contributed by atoms with Crippen molar-refractivity contribution < 1.29 is 8.78 Å². The molecule has 74 valence electrons. The first-order valence-electron chi connectivity index (χ1n) is 4.06. The van der Waals surface area contributed by atoms with Crippen LogP contribution in [0.1, 0.15) is 11.1 Å². The van der Waals surface area contributed by atoms with E-state index >= 15 is 0 Å². The molecule has 0 aromatic heterocycles. The van der Waals surface area contributed by atoms with Gasteiger partial charge in [0.15, 0.2) is 0 Å². The second-order valence-electron chi connectivity index (χ2n) is 2.88. The van der Waals surface area contributed by atoms with Gasteiger partial charge in [-0.05, 0) is 30.2 Å². The number of rotatable bonds is 1. The molecule has 0 aliphatic rings. The van der Waals surface area contributed by atoms with Gasteiger partial charge < -0.3 is 0 Å². The predicted octanol–water partition coefficient (Wildman–Crippen LogP) is 2.70.